The molecule has 0 bridgehead atoms. The van der Waals surface area contributed by atoms with Crippen molar-refractivity contribution in [3.63, 3.8) is 0 Å². The van der Waals surface area contributed by atoms with Crippen LogP contribution in [0, 0.1) is 34.6 Å². The summed E-state index contributed by atoms with van der Waals surface area (Å²) in [5.74, 6) is 0. The van der Waals surface area contributed by atoms with E-state index in [2.05, 4.69) is 65.0 Å². The lowest BCUT2D eigenvalue weighted by Gasteiger charge is -2.21. The minimum absolute atomic E-state index is 0.0645. The Kier molecular flexibility index (Phi) is 4.29. The minimum Gasteiger partial charge on any atom is -0.324 e. The second kappa shape index (κ2) is 5.80. The van der Waals surface area contributed by atoms with Crippen molar-refractivity contribution in [2.45, 2.75) is 47.1 Å². The van der Waals surface area contributed by atoms with E-state index < -0.39 is 0 Å². The summed E-state index contributed by atoms with van der Waals surface area (Å²) in [6.45, 7) is 10.9. The van der Waals surface area contributed by atoms with E-state index in [1.54, 1.807) is 0 Å². The summed E-state index contributed by atoms with van der Waals surface area (Å²) in [6.07, 6.45) is 0.900. The Balaban J connectivity index is 2.40. The normalized spacial score (nSPS) is 12.5. The SMILES string of the molecule is Cc1ccccc1CC(N)c1c(C)c(C)cc(C)c1C. The molecule has 0 fully saturated rings. The van der Waals surface area contributed by atoms with Crippen LogP contribution in [0.3, 0.4) is 0 Å². The summed E-state index contributed by atoms with van der Waals surface area (Å²) in [5, 5.41) is 0. The van der Waals surface area contributed by atoms with Gasteiger partial charge in [0.05, 0.1) is 0 Å². The molecule has 0 saturated carbocycles. The highest BCUT2D eigenvalue weighted by molar-refractivity contribution is 5.46. The van der Waals surface area contributed by atoms with Gasteiger partial charge in [0.1, 0.15) is 0 Å². The molecule has 0 radical (unpaired) electrons. The van der Waals surface area contributed by atoms with Gasteiger partial charge >= 0.3 is 0 Å². The molecule has 0 heterocycles. The molecule has 0 aliphatic heterocycles. The first-order valence-electron chi connectivity index (χ1n) is 7.29. The van der Waals surface area contributed by atoms with Crippen LogP contribution < -0.4 is 5.73 Å². The largest absolute Gasteiger partial charge is 0.324 e. The first-order chi connectivity index (χ1) is 9.41. The average Bonchev–Trinajstić information content (AvgIpc) is 2.39. The Hall–Kier alpha value is -1.60. The third kappa shape index (κ3) is 2.78. The Labute approximate surface area is 122 Å². The maximum Gasteiger partial charge on any atom is 0.0341 e. The molecule has 2 aromatic carbocycles. The van der Waals surface area contributed by atoms with Crippen molar-refractivity contribution in [2.24, 2.45) is 5.73 Å². The fourth-order valence-electron chi connectivity index (χ4n) is 2.98. The minimum atomic E-state index is 0.0645. The van der Waals surface area contributed by atoms with E-state index in [0.717, 1.165) is 6.42 Å². The van der Waals surface area contributed by atoms with E-state index in [0.29, 0.717) is 0 Å². The highest BCUT2D eigenvalue weighted by Crippen LogP contribution is 2.28. The van der Waals surface area contributed by atoms with Crippen LogP contribution >= 0.6 is 0 Å². The van der Waals surface area contributed by atoms with Gasteiger partial charge in [0.15, 0.2) is 0 Å². The predicted molar refractivity (Wildman–Crippen MR) is 87.2 cm³/mol. The number of nitrogens with two attached hydrogens (primary N) is 1. The van der Waals surface area contributed by atoms with E-state index >= 15 is 0 Å². The van der Waals surface area contributed by atoms with Crippen molar-refractivity contribution in [3.8, 4) is 0 Å². The molecule has 2 aromatic rings. The molecule has 0 aromatic heterocycles. The Morgan fingerprint density at radius 2 is 1.40 bits per heavy atom. The zero-order valence-corrected chi connectivity index (χ0v) is 13.2. The van der Waals surface area contributed by atoms with Gasteiger partial charge in [-0.15, -0.1) is 0 Å². The average molecular weight is 267 g/mol. The smallest absolute Gasteiger partial charge is 0.0341 e. The molecular weight excluding hydrogens is 242 g/mol. The summed E-state index contributed by atoms with van der Waals surface area (Å²) in [5.41, 5.74) is 15.9. The van der Waals surface area contributed by atoms with Gasteiger partial charge in [-0.3, -0.25) is 0 Å². The van der Waals surface area contributed by atoms with Crippen LogP contribution in [-0.4, -0.2) is 0 Å². The Morgan fingerprint density at radius 1 is 0.850 bits per heavy atom. The van der Waals surface area contributed by atoms with E-state index in [9.17, 15) is 0 Å². The predicted octanol–water partition coefficient (Wildman–Crippen LogP) is 4.47. The van der Waals surface area contributed by atoms with Gasteiger partial charge in [-0.1, -0.05) is 30.3 Å². The van der Waals surface area contributed by atoms with Gasteiger partial charge in [0.25, 0.3) is 0 Å². The van der Waals surface area contributed by atoms with Gasteiger partial charge in [-0.2, -0.15) is 0 Å². The third-order valence-corrected chi connectivity index (χ3v) is 4.50. The van der Waals surface area contributed by atoms with Gasteiger partial charge in [0.2, 0.25) is 0 Å². The fraction of sp³-hybridized carbons (Fsp3) is 0.368. The molecule has 2 rings (SSSR count). The van der Waals surface area contributed by atoms with Crippen molar-refractivity contribution in [1.29, 1.82) is 0 Å². The number of hydrogen-bond donors (Lipinski definition) is 1. The molecule has 2 N–H and O–H groups in total. The summed E-state index contributed by atoms with van der Waals surface area (Å²) in [4.78, 5) is 0. The number of benzene rings is 2. The maximum absolute atomic E-state index is 6.54. The fourth-order valence-corrected chi connectivity index (χ4v) is 2.98. The molecule has 1 nitrogen and oxygen atoms in total. The molecule has 0 aliphatic carbocycles. The van der Waals surface area contributed by atoms with Crippen molar-refractivity contribution >= 4 is 0 Å². The zero-order chi connectivity index (χ0) is 14.9. The molecule has 0 spiro atoms. The molecule has 1 unspecified atom stereocenters. The second-order valence-electron chi connectivity index (χ2n) is 5.91. The van der Waals surface area contributed by atoms with Crippen LogP contribution in [0.25, 0.3) is 0 Å². The monoisotopic (exact) mass is 267 g/mol. The molecule has 106 valence electrons. The van der Waals surface area contributed by atoms with Gasteiger partial charge in [0, 0.05) is 6.04 Å². The highest BCUT2D eigenvalue weighted by atomic mass is 14.6. The Bertz CT molecular complexity index is 600. The molecule has 1 atom stereocenters. The maximum atomic E-state index is 6.54. The van der Waals surface area contributed by atoms with Gasteiger partial charge in [-0.25, -0.2) is 0 Å². The second-order valence-corrected chi connectivity index (χ2v) is 5.91. The molecule has 0 amide bonds. The lowest BCUT2D eigenvalue weighted by Crippen LogP contribution is -2.18. The summed E-state index contributed by atoms with van der Waals surface area (Å²) < 4.78 is 0. The molecule has 0 aliphatic rings. The quantitative estimate of drug-likeness (QED) is 0.872. The first kappa shape index (κ1) is 14.8. The van der Waals surface area contributed by atoms with E-state index in [-0.39, 0.29) is 6.04 Å². The van der Waals surface area contributed by atoms with Crippen LogP contribution in [-0.2, 0) is 6.42 Å². The van der Waals surface area contributed by atoms with Crippen molar-refractivity contribution in [3.05, 3.63) is 69.3 Å². The number of aryl methyl sites for hydroxylation is 3. The zero-order valence-electron chi connectivity index (χ0n) is 13.2. The summed E-state index contributed by atoms with van der Waals surface area (Å²) in [6, 6.07) is 10.8. The number of hydrogen-bond acceptors (Lipinski definition) is 1. The third-order valence-electron chi connectivity index (χ3n) is 4.50. The lowest BCUT2D eigenvalue weighted by atomic mass is 9.87. The summed E-state index contributed by atoms with van der Waals surface area (Å²) in [7, 11) is 0. The van der Waals surface area contributed by atoms with Gasteiger partial charge in [-0.05, 0) is 80.0 Å². The van der Waals surface area contributed by atoms with Crippen molar-refractivity contribution in [1.82, 2.24) is 0 Å². The van der Waals surface area contributed by atoms with Crippen LogP contribution in [0.2, 0.25) is 0 Å². The standard InChI is InChI=1S/C19H25N/c1-12-8-6-7-9-17(12)11-18(20)19-15(4)13(2)10-14(3)16(19)5/h6-10,18H,11,20H2,1-5H3. The Morgan fingerprint density at radius 3 is 1.95 bits per heavy atom. The van der Waals surface area contributed by atoms with Crippen LogP contribution in [0.15, 0.2) is 30.3 Å². The van der Waals surface area contributed by atoms with Crippen LogP contribution in [0.1, 0.15) is 45.0 Å². The van der Waals surface area contributed by atoms with Crippen LogP contribution in [0.5, 0.6) is 0 Å². The number of rotatable bonds is 3. The highest BCUT2D eigenvalue weighted by Gasteiger charge is 2.16. The first-order valence-corrected chi connectivity index (χ1v) is 7.29. The lowest BCUT2D eigenvalue weighted by molar-refractivity contribution is 0.706. The summed E-state index contributed by atoms with van der Waals surface area (Å²) >= 11 is 0. The van der Waals surface area contributed by atoms with E-state index in [1.165, 1.54) is 38.9 Å². The molecule has 0 saturated heterocycles. The molecule has 1 heteroatoms. The van der Waals surface area contributed by atoms with Crippen LogP contribution in [0.4, 0.5) is 0 Å². The van der Waals surface area contributed by atoms with E-state index in [4.69, 9.17) is 5.73 Å². The molecular formula is C19H25N. The molecule has 20 heavy (non-hydrogen) atoms. The topological polar surface area (TPSA) is 26.0 Å². The van der Waals surface area contributed by atoms with Crippen molar-refractivity contribution < 1.29 is 0 Å². The van der Waals surface area contributed by atoms with Crippen molar-refractivity contribution in [2.75, 3.05) is 0 Å². The van der Waals surface area contributed by atoms with E-state index in [1.807, 2.05) is 0 Å². The van der Waals surface area contributed by atoms with Gasteiger partial charge < -0.3 is 5.73 Å².